The van der Waals surface area contributed by atoms with Crippen molar-refractivity contribution >= 4 is 28.9 Å². The summed E-state index contributed by atoms with van der Waals surface area (Å²) in [6, 6.07) is 0. The van der Waals surface area contributed by atoms with Crippen molar-refractivity contribution in [1.82, 2.24) is 0 Å². The fraction of sp³-hybridized carbons (Fsp3) is 0.414. The van der Waals surface area contributed by atoms with Gasteiger partial charge in [0.1, 0.15) is 5.41 Å². The number of rotatable bonds is 21. The molecule has 4 N–H and O–H groups in total. The summed E-state index contributed by atoms with van der Waals surface area (Å²) in [7, 11) is 0. The first-order chi connectivity index (χ1) is 24.3. The lowest BCUT2D eigenvalue weighted by molar-refractivity contribution is -0.451. The fourth-order valence-corrected chi connectivity index (χ4v) is 4.86. The predicted octanol–water partition coefficient (Wildman–Crippen LogP) is 4.46. The van der Waals surface area contributed by atoms with Crippen molar-refractivity contribution in [3.8, 4) is 0 Å². The highest BCUT2D eigenvalue weighted by Gasteiger charge is 2.94. The SMILES string of the molecule is C=CC(=O)C(O)(C(=O)C=C)C(CO)(C(O)(C(=O)C=C)C(=O)C=C)C(O)(C(=O)C=C)C(F)=C(F)C(F)(F)C(F)(F)C(F)(F)C(F)(F)C(F)(F)C(F)(F)C(F)(F)F. The minimum atomic E-state index is -9.16. The molecule has 310 valence electrons. The zero-order valence-corrected chi connectivity index (χ0v) is 26.4. The maximum Gasteiger partial charge on any atom is 0.460 e. The first kappa shape index (κ1) is 50.4. The van der Waals surface area contributed by atoms with Crippen molar-refractivity contribution in [3.63, 3.8) is 0 Å². The third-order valence-electron chi connectivity index (χ3n) is 7.91. The second-order valence-corrected chi connectivity index (χ2v) is 10.6. The van der Waals surface area contributed by atoms with Gasteiger partial charge in [0.2, 0.25) is 17.0 Å². The summed E-state index contributed by atoms with van der Waals surface area (Å²) in [5, 5.41) is 44.7. The number of aliphatic hydroxyl groups is 4. The van der Waals surface area contributed by atoms with Crippen molar-refractivity contribution < 1.29 is 119 Å². The number of allylic oxidation sites excluding steroid dienone is 1. The van der Waals surface area contributed by atoms with Crippen LogP contribution in [0, 0.1) is 5.41 Å². The third-order valence-corrected chi connectivity index (χ3v) is 7.91. The van der Waals surface area contributed by atoms with E-state index in [1.54, 1.807) is 0 Å². The van der Waals surface area contributed by atoms with E-state index in [1.165, 1.54) is 0 Å². The number of carbonyl (C=O) groups excluding carboxylic acids is 5. The van der Waals surface area contributed by atoms with Gasteiger partial charge in [-0.1, -0.05) is 32.9 Å². The Morgan fingerprint density at radius 3 is 0.891 bits per heavy atom. The number of hydrogen-bond acceptors (Lipinski definition) is 9. The van der Waals surface area contributed by atoms with Gasteiger partial charge in [-0.25, -0.2) is 8.78 Å². The van der Waals surface area contributed by atoms with Crippen LogP contribution in [0.15, 0.2) is 74.9 Å². The molecule has 0 fully saturated rings. The van der Waals surface area contributed by atoms with Crippen molar-refractivity contribution in [2.45, 2.75) is 58.5 Å². The van der Waals surface area contributed by atoms with Gasteiger partial charge in [-0.2, -0.15) is 65.9 Å². The van der Waals surface area contributed by atoms with Gasteiger partial charge in [-0.05, 0) is 30.4 Å². The van der Waals surface area contributed by atoms with Crippen LogP contribution in [-0.2, 0) is 24.0 Å². The molecular formula is C29H21F17O9. The van der Waals surface area contributed by atoms with Gasteiger partial charge in [0.15, 0.2) is 40.3 Å². The second-order valence-electron chi connectivity index (χ2n) is 10.6. The van der Waals surface area contributed by atoms with Crippen LogP contribution in [0.5, 0.6) is 0 Å². The third kappa shape index (κ3) is 6.07. The van der Waals surface area contributed by atoms with Crippen molar-refractivity contribution in [2.24, 2.45) is 5.41 Å². The highest BCUT2D eigenvalue weighted by molar-refractivity contribution is 6.25. The molecule has 0 aliphatic carbocycles. The fourth-order valence-electron chi connectivity index (χ4n) is 4.86. The van der Waals surface area contributed by atoms with Crippen molar-refractivity contribution in [2.75, 3.05) is 6.61 Å². The van der Waals surface area contributed by atoms with Crippen LogP contribution in [0.25, 0.3) is 0 Å². The predicted molar refractivity (Wildman–Crippen MR) is 145 cm³/mol. The van der Waals surface area contributed by atoms with E-state index in [1.807, 2.05) is 0 Å². The summed E-state index contributed by atoms with van der Waals surface area (Å²) in [5.74, 6) is -78.1. The number of aliphatic hydroxyl groups excluding tert-OH is 1. The van der Waals surface area contributed by atoms with Crippen LogP contribution in [-0.4, -0.2) is 114 Å². The molecule has 55 heavy (non-hydrogen) atoms. The largest absolute Gasteiger partial charge is 0.460 e. The van der Waals surface area contributed by atoms with Gasteiger partial charge >= 0.3 is 41.7 Å². The Morgan fingerprint density at radius 2 is 0.655 bits per heavy atom. The van der Waals surface area contributed by atoms with E-state index < -0.39 is 141 Å². The van der Waals surface area contributed by atoms with Crippen molar-refractivity contribution in [1.29, 1.82) is 0 Å². The molecular weight excluding hydrogens is 815 g/mol. The topological polar surface area (TPSA) is 166 Å². The quantitative estimate of drug-likeness (QED) is 0.0743. The number of ketones is 5. The lowest BCUT2D eigenvalue weighted by Gasteiger charge is -2.56. The first-order valence-corrected chi connectivity index (χ1v) is 13.3. The number of hydrogen-bond donors (Lipinski definition) is 4. The van der Waals surface area contributed by atoms with Gasteiger partial charge in [0, 0.05) is 0 Å². The van der Waals surface area contributed by atoms with E-state index in [9.17, 15) is 101 Å². The van der Waals surface area contributed by atoms with E-state index in [4.69, 9.17) is 0 Å². The molecule has 0 aromatic carbocycles. The summed E-state index contributed by atoms with van der Waals surface area (Å²) in [4.78, 5) is 65.2. The number of alkyl halides is 15. The van der Waals surface area contributed by atoms with Crippen LogP contribution < -0.4 is 0 Å². The van der Waals surface area contributed by atoms with Crippen LogP contribution in [0.1, 0.15) is 0 Å². The van der Waals surface area contributed by atoms with E-state index in [2.05, 4.69) is 32.9 Å². The first-order valence-electron chi connectivity index (χ1n) is 13.3. The molecule has 0 radical (unpaired) electrons. The normalized spacial score (nSPS) is 15.9. The average molecular weight is 836 g/mol. The van der Waals surface area contributed by atoms with Crippen LogP contribution in [0.2, 0.25) is 0 Å². The molecule has 0 amide bonds. The molecule has 0 aliphatic heterocycles. The Kier molecular flexibility index (Phi) is 13.6. The molecule has 0 spiro atoms. The highest BCUT2D eigenvalue weighted by atomic mass is 19.4. The molecule has 0 aromatic heterocycles. The van der Waals surface area contributed by atoms with E-state index in [-0.39, 0.29) is 0 Å². The molecule has 0 aromatic rings. The van der Waals surface area contributed by atoms with Gasteiger partial charge in [-0.3, -0.25) is 24.0 Å². The lowest BCUT2D eigenvalue weighted by atomic mass is 9.47. The van der Waals surface area contributed by atoms with E-state index in [0.717, 1.165) is 0 Å². The Balaban J connectivity index is 9.35. The number of carbonyl (C=O) groups is 5. The Bertz CT molecular complexity index is 1620. The molecule has 0 saturated carbocycles. The summed E-state index contributed by atoms with van der Waals surface area (Å²) >= 11 is 0. The van der Waals surface area contributed by atoms with E-state index in [0.29, 0.717) is 0 Å². The van der Waals surface area contributed by atoms with Gasteiger partial charge in [-0.15, -0.1) is 0 Å². The second kappa shape index (κ2) is 14.8. The Hall–Kier alpha value is -4.56. The lowest BCUT2D eigenvalue weighted by Crippen LogP contribution is -2.83. The monoisotopic (exact) mass is 836 g/mol. The zero-order chi connectivity index (χ0) is 44.8. The molecule has 1 atom stereocenters. The molecule has 1 unspecified atom stereocenters. The van der Waals surface area contributed by atoms with Crippen LogP contribution in [0.3, 0.4) is 0 Å². The zero-order valence-electron chi connectivity index (χ0n) is 26.4. The van der Waals surface area contributed by atoms with E-state index >= 15 is 17.6 Å². The average Bonchev–Trinajstić information content (AvgIpc) is 3.10. The maximum absolute atomic E-state index is 16.2. The molecule has 0 heterocycles. The van der Waals surface area contributed by atoms with Gasteiger partial charge < -0.3 is 20.4 Å². The van der Waals surface area contributed by atoms with Gasteiger partial charge in [0.25, 0.3) is 0 Å². The van der Waals surface area contributed by atoms with Crippen molar-refractivity contribution in [3.05, 3.63) is 74.9 Å². The smallest absolute Gasteiger partial charge is 0.395 e. The van der Waals surface area contributed by atoms with Crippen LogP contribution in [0.4, 0.5) is 74.6 Å². The van der Waals surface area contributed by atoms with Crippen LogP contribution >= 0.6 is 0 Å². The molecule has 9 nitrogen and oxygen atoms in total. The Morgan fingerprint density at radius 1 is 0.418 bits per heavy atom. The number of halogens is 17. The molecule has 0 rings (SSSR count). The summed E-state index contributed by atoms with van der Waals surface area (Å²) in [5.41, 5.74) is -22.7. The van der Waals surface area contributed by atoms with Gasteiger partial charge in [0.05, 0.1) is 6.61 Å². The minimum Gasteiger partial charge on any atom is -0.395 e. The Labute approximate surface area is 294 Å². The standard InChI is InChI=1S/C29H21F17O9/c1-6-12(48)20(53,13(49)7-2)19(11-47,21(54,14(50)8-3)15(51)9-4)22(55,16(52)10-5)17(30)18(31)23(32,33)24(34,35)25(36,37)26(38,39)27(40,41)28(42,43)29(44,45)46/h6-10,47,53-55H,1-5,11H2. The molecule has 0 saturated heterocycles. The highest BCUT2D eigenvalue weighted by Crippen LogP contribution is 2.64. The molecule has 0 aliphatic rings. The molecule has 26 heteroatoms. The minimum absolute atomic E-state index is 0.442. The summed E-state index contributed by atoms with van der Waals surface area (Å²) < 4.78 is 239. The summed E-state index contributed by atoms with van der Waals surface area (Å²) in [6.07, 6.45) is -10.7. The molecule has 0 bridgehead atoms. The maximum atomic E-state index is 16.2. The summed E-state index contributed by atoms with van der Waals surface area (Å²) in [6.45, 7) is 9.56.